The van der Waals surface area contributed by atoms with Crippen molar-refractivity contribution in [3.05, 3.63) is 99.4 Å². The molecular formula is C25H26N4O2. The molecule has 0 aliphatic heterocycles. The van der Waals surface area contributed by atoms with Gasteiger partial charge in [-0.15, -0.1) is 0 Å². The summed E-state index contributed by atoms with van der Waals surface area (Å²) in [6.07, 6.45) is 2.47. The first kappa shape index (κ1) is 20.6. The lowest BCUT2D eigenvalue weighted by molar-refractivity contribution is -0.123. The summed E-state index contributed by atoms with van der Waals surface area (Å²) in [5.41, 5.74) is 4.51. The molecule has 2 aromatic heterocycles. The molecule has 31 heavy (non-hydrogen) atoms. The molecule has 6 heteroatoms. The smallest absolute Gasteiger partial charge is 0.251 e. The summed E-state index contributed by atoms with van der Waals surface area (Å²) in [6, 6.07) is 17.0. The third-order valence-corrected chi connectivity index (χ3v) is 5.62. The van der Waals surface area contributed by atoms with Crippen LogP contribution in [-0.4, -0.2) is 20.9 Å². The third-order valence-electron chi connectivity index (χ3n) is 5.62. The lowest BCUT2D eigenvalue weighted by Gasteiger charge is -2.21. The topological polar surface area (TPSA) is 90.6 Å². The number of nitrogens with zero attached hydrogens (tertiary/aromatic N) is 1. The number of carbonyl (C=O) groups is 1. The number of aromatic amines is 2. The molecule has 0 saturated heterocycles. The summed E-state index contributed by atoms with van der Waals surface area (Å²) in [5.74, 6) is 0.0925. The summed E-state index contributed by atoms with van der Waals surface area (Å²) < 4.78 is 0. The summed E-state index contributed by atoms with van der Waals surface area (Å²) in [7, 11) is 0. The third kappa shape index (κ3) is 4.58. The minimum atomic E-state index is -0.430. The highest BCUT2D eigenvalue weighted by atomic mass is 16.2. The van der Waals surface area contributed by atoms with Crippen molar-refractivity contribution in [2.24, 2.45) is 0 Å². The number of hydrogen-bond donors (Lipinski definition) is 3. The second-order valence-electron chi connectivity index (χ2n) is 8.01. The van der Waals surface area contributed by atoms with Gasteiger partial charge in [0.15, 0.2) is 0 Å². The molecule has 3 N–H and O–H groups in total. The fraction of sp³-hybridized carbons (Fsp3) is 0.240. The molecule has 4 rings (SSSR count). The summed E-state index contributed by atoms with van der Waals surface area (Å²) in [4.78, 5) is 35.7. The highest BCUT2D eigenvalue weighted by molar-refractivity contribution is 5.85. The van der Waals surface area contributed by atoms with Crippen molar-refractivity contribution in [2.45, 2.75) is 39.2 Å². The van der Waals surface area contributed by atoms with Crippen LogP contribution in [0.4, 0.5) is 0 Å². The predicted molar refractivity (Wildman–Crippen MR) is 122 cm³/mol. The molecule has 0 radical (unpaired) electrons. The molecule has 2 heterocycles. The molecule has 0 fully saturated rings. The zero-order valence-electron chi connectivity index (χ0n) is 17.9. The van der Waals surface area contributed by atoms with Crippen molar-refractivity contribution in [1.82, 2.24) is 20.3 Å². The van der Waals surface area contributed by atoms with Gasteiger partial charge in [0.2, 0.25) is 5.91 Å². The molecule has 0 spiro atoms. The van der Waals surface area contributed by atoms with E-state index < -0.39 is 6.04 Å². The molecule has 0 bridgehead atoms. The van der Waals surface area contributed by atoms with Crippen molar-refractivity contribution < 1.29 is 4.79 Å². The Morgan fingerprint density at radius 3 is 2.58 bits per heavy atom. The van der Waals surface area contributed by atoms with Gasteiger partial charge in [0, 0.05) is 29.6 Å². The SMILES string of the molecule is Cc1ccc([C@@H](C)C(=O)N[C@H](Cc2c[nH]c3ccccc23)c2cc(=O)[nH]c(C)n2)cc1. The van der Waals surface area contributed by atoms with E-state index in [1.807, 2.05) is 68.6 Å². The molecule has 6 nitrogen and oxygen atoms in total. The normalized spacial score (nSPS) is 13.1. The van der Waals surface area contributed by atoms with E-state index in [9.17, 15) is 9.59 Å². The zero-order valence-corrected chi connectivity index (χ0v) is 17.9. The largest absolute Gasteiger partial charge is 0.361 e. The summed E-state index contributed by atoms with van der Waals surface area (Å²) in [6.45, 7) is 5.65. The van der Waals surface area contributed by atoms with E-state index in [0.29, 0.717) is 17.9 Å². The van der Waals surface area contributed by atoms with Crippen LogP contribution in [0, 0.1) is 13.8 Å². The van der Waals surface area contributed by atoms with Gasteiger partial charge >= 0.3 is 0 Å². The Hall–Kier alpha value is -3.67. The lowest BCUT2D eigenvalue weighted by Crippen LogP contribution is -2.34. The van der Waals surface area contributed by atoms with Crippen LogP contribution in [0.2, 0.25) is 0 Å². The van der Waals surface area contributed by atoms with Crippen LogP contribution >= 0.6 is 0 Å². The van der Waals surface area contributed by atoms with Gasteiger partial charge in [-0.3, -0.25) is 9.59 Å². The maximum Gasteiger partial charge on any atom is 0.251 e. The van der Waals surface area contributed by atoms with E-state index in [1.54, 1.807) is 6.92 Å². The molecular weight excluding hydrogens is 388 g/mol. The van der Waals surface area contributed by atoms with Crippen LogP contribution in [0.5, 0.6) is 0 Å². The highest BCUT2D eigenvalue weighted by Crippen LogP contribution is 2.25. The molecule has 0 saturated carbocycles. The fourth-order valence-electron chi connectivity index (χ4n) is 3.83. The van der Waals surface area contributed by atoms with Gasteiger partial charge in [0.05, 0.1) is 17.7 Å². The fourth-order valence-corrected chi connectivity index (χ4v) is 3.83. The number of fused-ring (bicyclic) bond motifs is 1. The van der Waals surface area contributed by atoms with Crippen molar-refractivity contribution in [3.63, 3.8) is 0 Å². The molecule has 158 valence electrons. The van der Waals surface area contributed by atoms with Crippen LogP contribution in [-0.2, 0) is 11.2 Å². The maximum absolute atomic E-state index is 13.1. The van der Waals surface area contributed by atoms with E-state index in [0.717, 1.165) is 27.6 Å². The number of amides is 1. The lowest BCUT2D eigenvalue weighted by atomic mass is 9.97. The number of hydrogen-bond acceptors (Lipinski definition) is 3. The zero-order chi connectivity index (χ0) is 22.0. The van der Waals surface area contributed by atoms with Gasteiger partial charge in [0.25, 0.3) is 5.56 Å². The van der Waals surface area contributed by atoms with Gasteiger partial charge in [-0.25, -0.2) is 4.98 Å². The number of aryl methyl sites for hydroxylation is 2. The Morgan fingerprint density at radius 2 is 1.84 bits per heavy atom. The molecule has 4 aromatic rings. The second-order valence-corrected chi connectivity index (χ2v) is 8.01. The van der Waals surface area contributed by atoms with E-state index in [-0.39, 0.29) is 17.4 Å². The average Bonchev–Trinajstić information content (AvgIpc) is 3.15. The Balaban J connectivity index is 1.65. The second kappa shape index (κ2) is 8.60. The number of nitrogens with one attached hydrogen (secondary N) is 3. The van der Waals surface area contributed by atoms with E-state index in [2.05, 4.69) is 20.3 Å². The number of para-hydroxylation sites is 1. The minimum absolute atomic E-state index is 0.103. The predicted octanol–water partition coefficient (Wildman–Crippen LogP) is 4.07. The quantitative estimate of drug-likeness (QED) is 0.444. The van der Waals surface area contributed by atoms with Crippen LogP contribution in [0.25, 0.3) is 10.9 Å². The monoisotopic (exact) mass is 414 g/mol. The van der Waals surface area contributed by atoms with Crippen molar-refractivity contribution >= 4 is 16.8 Å². The Kier molecular flexibility index (Phi) is 5.71. The van der Waals surface area contributed by atoms with Crippen LogP contribution in [0.1, 0.15) is 47.1 Å². The minimum Gasteiger partial charge on any atom is -0.361 e. The maximum atomic E-state index is 13.1. The molecule has 0 aliphatic carbocycles. The van der Waals surface area contributed by atoms with Gasteiger partial charge in [0.1, 0.15) is 5.82 Å². The number of benzene rings is 2. The number of carbonyl (C=O) groups excluding carboxylic acids is 1. The molecule has 2 atom stereocenters. The summed E-state index contributed by atoms with van der Waals surface area (Å²) in [5, 5.41) is 4.23. The standard InChI is InChI=1S/C25H26N4O2/c1-15-8-10-18(11-9-15)16(2)25(31)29-22(23-13-24(30)28-17(3)27-23)12-19-14-26-21-7-5-4-6-20(19)21/h4-11,13-14,16,22,26H,12H2,1-3H3,(H,29,31)(H,27,28,30)/t16-,22-/m1/s1. The van der Waals surface area contributed by atoms with E-state index in [4.69, 9.17) is 0 Å². The number of rotatable bonds is 6. The summed E-state index contributed by atoms with van der Waals surface area (Å²) >= 11 is 0. The van der Waals surface area contributed by atoms with Crippen molar-refractivity contribution in [2.75, 3.05) is 0 Å². The first-order valence-corrected chi connectivity index (χ1v) is 10.4. The molecule has 2 aromatic carbocycles. The van der Waals surface area contributed by atoms with Gasteiger partial charge in [-0.1, -0.05) is 48.0 Å². The van der Waals surface area contributed by atoms with E-state index >= 15 is 0 Å². The molecule has 0 unspecified atom stereocenters. The Bertz CT molecular complexity index is 1270. The van der Waals surface area contributed by atoms with Gasteiger partial charge in [-0.2, -0.15) is 0 Å². The first-order chi connectivity index (χ1) is 14.9. The van der Waals surface area contributed by atoms with Gasteiger partial charge in [-0.05, 0) is 38.0 Å². The highest BCUT2D eigenvalue weighted by Gasteiger charge is 2.23. The number of H-pyrrole nitrogens is 2. The number of aromatic nitrogens is 3. The van der Waals surface area contributed by atoms with Crippen LogP contribution in [0.15, 0.2) is 65.6 Å². The Morgan fingerprint density at radius 1 is 1.10 bits per heavy atom. The van der Waals surface area contributed by atoms with E-state index in [1.165, 1.54) is 6.07 Å². The van der Waals surface area contributed by atoms with Crippen LogP contribution < -0.4 is 10.9 Å². The van der Waals surface area contributed by atoms with Crippen molar-refractivity contribution in [3.8, 4) is 0 Å². The first-order valence-electron chi connectivity index (χ1n) is 10.4. The molecule has 0 aliphatic rings. The van der Waals surface area contributed by atoms with Gasteiger partial charge < -0.3 is 15.3 Å². The van der Waals surface area contributed by atoms with Crippen LogP contribution in [0.3, 0.4) is 0 Å². The Labute approximate surface area is 180 Å². The average molecular weight is 415 g/mol. The molecule has 1 amide bonds. The van der Waals surface area contributed by atoms with Crippen molar-refractivity contribution in [1.29, 1.82) is 0 Å².